The van der Waals surface area contributed by atoms with Crippen LogP contribution in [0.5, 0.6) is 0 Å². The van der Waals surface area contributed by atoms with Crippen molar-refractivity contribution in [3.8, 4) is 0 Å². The first-order valence-corrected chi connectivity index (χ1v) is 5.33. The van der Waals surface area contributed by atoms with E-state index in [0.717, 1.165) is 24.1 Å². The highest BCUT2D eigenvalue weighted by Gasteiger charge is 2.29. The summed E-state index contributed by atoms with van der Waals surface area (Å²) in [5.41, 5.74) is 0.271. The van der Waals surface area contributed by atoms with E-state index >= 15 is 0 Å². The largest absolute Gasteiger partial charge is 0.416 e. The van der Waals surface area contributed by atoms with Crippen LogP contribution in [0.2, 0.25) is 0 Å². The molecule has 0 aliphatic rings. The summed E-state index contributed by atoms with van der Waals surface area (Å²) in [6.07, 6.45) is -3.25. The van der Waals surface area contributed by atoms with Crippen molar-refractivity contribution in [2.45, 2.75) is 39.0 Å². The van der Waals surface area contributed by atoms with E-state index in [1.807, 2.05) is 6.92 Å². The van der Waals surface area contributed by atoms with E-state index in [9.17, 15) is 13.2 Å². The Hall–Kier alpha value is -1.03. The second-order valence-corrected chi connectivity index (χ2v) is 3.88. The van der Waals surface area contributed by atoms with Gasteiger partial charge in [0.15, 0.2) is 0 Å². The minimum atomic E-state index is -4.25. The molecule has 0 aromatic heterocycles. The maximum atomic E-state index is 12.3. The van der Waals surface area contributed by atoms with Gasteiger partial charge in [0.2, 0.25) is 0 Å². The summed E-state index contributed by atoms with van der Waals surface area (Å²) in [5, 5.41) is 3.23. The fraction of sp³-hybridized carbons (Fsp3) is 0.500. The van der Waals surface area contributed by atoms with Gasteiger partial charge in [0, 0.05) is 12.6 Å². The van der Waals surface area contributed by atoms with Crippen molar-refractivity contribution in [1.82, 2.24) is 5.32 Å². The first-order chi connectivity index (χ1) is 7.43. The average Bonchev–Trinajstić information content (AvgIpc) is 2.25. The minimum absolute atomic E-state index is 0.377. The predicted octanol–water partition coefficient (Wildman–Crippen LogP) is 3.59. The molecule has 1 nitrogen and oxygen atoms in total. The van der Waals surface area contributed by atoms with Crippen molar-refractivity contribution in [1.29, 1.82) is 0 Å². The molecule has 0 aliphatic carbocycles. The van der Waals surface area contributed by atoms with Gasteiger partial charge in [-0.25, -0.2) is 0 Å². The molecule has 0 amide bonds. The normalized spacial score (nSPS) is 13.8. The lowest BCUT2D eigenvalue weighted by Gasteiger charge is -2.12. The monoisotopic (exact) mass is 231 g/mol. The van der Waals surface area contributed by atoms with Crippen LogP contribution in [0.4, 0.5) is 13.2 Å². The lowest BCUT2D eigenvalue weighted by Crippen LogP contribution is -2.24. The fourth-order valence-electron chi connectivity index (χ4n) is 1.25. The van der Waals surface area contributed by atoms with E-state index < -0.39 is 11.7 Å². The Balaban J connectivity index is 2.58. The van der Waals surface area contributed by atoms with E-state index in [-0.39, 0.29) is 0 Å². The number of halogens is 3. The van der Waals surface area contributed by atoms with Crippen LogP contribution in [0, 0.1) is 0 Å². The summed E-state index contributed by atoms with van der Waals surface area (Å²) in [5.74, 6) is 0. The Bertz CT molecular complexity index is 316. The van der Waals surface area contributed by atoms with Gasteiger partial charge < -0.3 is 5.32 Å². The highest BCUT2D eigenvalue weighted by atomic mass is 19.4. The molecular formula is C12H16F3N. The molecule has 4 heteroatoms. The number of hydrogen-bond donors (Lipinski definition) is 1. The van der Waals surface area contributed by atoms with Gasteiger partial charge >= 0.3 is 6.18 Å². The molecule has 0 saturated heterocycles. The van der Waals surface area contributed by atoms with Gasteiger partial charge in [0.05, 0.1) is 5.56 Å². The number of benzene rings is 1. The Kier molecular flexibility index (Phi) is 4.35. The van der Waals surface area contributed by atoms with Crippen LogP contribution in [0.3, 0.4) is 0 Å². The van der Waals surface area contributed by atoms with Crippen LogP contribution in [0.15, 0.2) is 24.3 Å². The second-order valence-electron chi connectivity index (χ2n) is 3.88. The van der Waals surface area contributed by atoms with E-state index in [0.29, 0.717) is 12.6 Å². The fourth-order valence-corrected chi connectivity index (χ4v) is 1.25. The smallest absolute Gasteiger partial charge is 0.310 e. The van der Waals surface area contributed by atoms with Crippen molar-refractivity contribution in [2.24, 2.45) is 0 Å². The molecular weight excluding hydrogens is 215 g/mol. The average molecular weight is 231 g/mol. The number of nitrogens with one attached hydrogen (secondary N) is 1. The van der Waals surface area contributed by atoms with Gasteiger partial charge in [-0.05, 0) is 31.0 Å². The third kappa shape index (κ3) is 3.85. The zero-order valence-electron chi connectivity index (χ0n) is 9.43. The van der Waals surface area contributed by atoms with Gasteiger partial charge in [-0.1, -0.05) is 19.1 Å². The van der Waals surface area contributed by atoms with Gasteiger partial charge in [0.1, 0.15) is 0 Å². The number of alkyl halides is 3. The van der Waals surface area contributed by atoms with E-state index in [1.54, 1.807) is 0 Å². The molecule has 0 heterocycles. The molecule has 1 rings (SSSR count). The molecule has 0 fully saturated rings. The third-order valence-electron chi connectivity index (χ3n) is 2.55. The molecule has 1 N–H and O–H groups in total. The summed E-state index contributed by atoms with van der Waals surface area (Å²) in [7, 11) is 0. The van der Waals surface area contributed by atoms with Crippen LogP contribution in [0.25, 0.3) is 0 Å². The van der Waals surface area contributed by atoms with E-state index in [4.69, 9.17) is 0 Å². The second kappa shape index (κ2) is 5.34. The highest BCUT2D eigenvalue weighted by Crippen LogP contribution is 2.28. The lowest BCUT2D eigenvalue weighted by molar-refractivity contribution is -0.137. The zero-order chi connectivity index (χ0) is 12.2. The first kappa shape index (κ1) is 13.0. The number of hydrogen-bond acceptors (Lipinski definition) is 1. The molecule has 0 aliphatic heterocycles. The summed E-state index contributed by atoms with van der Waals surface area (Å²) in [6, 6.07) is 5.64. The van der Waals surface area contributed by atoms with Gasteiger partial charge in [0.25, 0.3) is 0 Å². The van der Waals surface area contributed by atoms with Crippen LogP contribution in [0.1, 0.15) is 31.4 Å². The molecule has 0 unspecified atom stereocenters. The van der Waals surface area contributed by atoms with Crippen molar-refractivity contribution < 1.29 is 13.2 Å². The predicted molar refractivity (Wildman–Crippen MR) is 58.0 cm³/mol. The molecule has 0 bridgehead atoms. The minimum Gasteiger partial charge on any atom is -0.310 e. The van der Waals surface area contributed by atoms with Crippen LogP contribution >= 0.6 is 0 Å². The van der Waals surface area contributed by atoms with Gasteiger partial charge in [-0.15, -0.1) is 0 Å². The van der Waals surface area contributed by atoms with Gasteiger partial charge in [-0.2, -0.15) is 13.2 Å². The van der Waals surface area contributed by atoms with Crippen molar-refractivity contribution >= 4 is 0 Å². The van der Waals surface area contributed by atoms with E-state index in [1.165, 1.54) is 12.1 Å². The van der Waals surface area contributed by atoms with Crippen LogP contribution in [-0.4, -0.2) is 6.04 Å². The Morgan fingerprint density at radius 2 is 1.75 bits per heavy atom. The molecule has 1 aromatic carbocycles. The van der Waals surface area contributed by atoms with Crippen molar-refractivity contribution in [2.75, 3.05) is 0 Å². The van der Waals surface area contributed by atoms with Gasteiger partial charge in [-0.3, -0.25) is 0 Å². The van der Waals surface area contributed by atoms with Crippen LogP contribution < -0.4 is 5.32 Å². The summed E-state index contributed by atoms with van der Waals surface area (Å²) < 4.78 is 36.8. The standard InChI is InChI=1S/C12H16F3N/c1-3-9(2)16-8-10-4-6-11(7-5-10)12(13,14)15/h4-7,9,16H,3,8H2,1-2H3/t9-/m0/s1. The van der Waals surface area contributed by atoms with Crippen molar-refractivity contribution in [3.05, 3.63) is 35.4 Å². The first-order valence-electron chi connectivity index (χ1n) is 5.33. The SMILES string of the molecule is CC[C@H](C)NCc1ccc(C(F)(F)F)cc1. The zero-order valence-corrected chi connectivity index (χ0v) is 9.43. The molecule has 1 aromatic rings. The molecule has 1 atom stereocenters. The summed E-state index contributed by atoms with van der Waals surface area (Å²) >= 11 is 0. The maximum absolute atomic E-state index is 12.3. The summed E-state index contributed by atoms with van der Waals surface area (Å²) in [4.78, 5) is 0. The molecule has 0 radical (unpaired) electrons. The molecule has 90 valence electrons. The quantitative estimate of drug-likeness (QED) is 0.835. The molecule has 0 saturated carbocycles. The maximum Gasteiger partial charge on any atom is 0.416 e. The highest BCUT2D eigenvalue weighted by molar-refractivity contribution is 5.24. The Morgan fingerprint density at radius 3 is 2.19 bits per heavy atom. The topological polar surface area (TPSA) is 12.0 Å². The Morgan fingerprint density at radius 1 is 1.19 bits per heavy atom. The summed E-state index contributed by atoms with van der Waals surface area (Å²) in [6.45, 7) is 4.71. The number of rotatable bonds is 4. The van der Waals surface area contributed by atoms with E-state index in [2.05, 4.69) is 12.2 Å². The molecule has 0 spiro atoms. The lowest BCUT2D eigenvalue weighted by atomic mass is 10.1. The Labute approximate surface area is 93.7 Å². The third-order valence-corrected chi connectivity index (χ3v) is 2.55. The molecule has 16 heavy (non-hydrogen) atoms. The van der Waals surface area contributed by atoms with Crippen molar-refractivity contribution in [3.63, 3.8) is 0 Å². The van der Waals surface area contributed by atoms with Crippen LogP contribution in [-0.2, 0) is 12.7 Å².